The number of hydrogen-bond acceptors (Lipinski definition) is 4. The minimum absolute atomic E-state index is 0.0154. The summed E-state index contributed by atoms with van der Waals surface area (Å²) in [6, 6.07) is 4.89. The van der Waals surface area contributed by atoms with Crippen molar-refractivity contribution in [3.05, 3.63) is 35.2 Å². The number of carbonyl (C=O) groups is 1. The van der Waals surface area contributed by atoms with Gasteiger partial charge in [-0.1, -0.05) is 6.92 Å². The number of carbonyl (C=O) groups excluding carboxylic acids is 1. The van der Waals surface area contributed by atoms with Gasteiger partial charge in [-0.2, -0.15) is 0 Å². The third-order valence-electron chi connectivity index (χ3n) is 3.01. The number of aromatic amines is 1. The van der Waals surface area contributed by atoms with Crippen LogP contribution in [0.5, 0.6) is 0 Å². The zero-order chi connectivity index (χ0) is 13.8. The Labute approximate surface area is 110 Å². The molecule has 1 amide bonds. The maximum Gasteiger partial charge on any atom is 0.219 e. The van der Waals surface area contributed by atoms with Crippen LogP contribution in [0.3, 0.4) is 0 Å². The number of hydrogen-bond donors (Lipinski definition) is 3. The van der Waals surface area contributed by atoms with E-state index < -0.39 is 0 Å². The lowest BCUT2D eigenvalue weighted by Gasteiger charge is -2.21. The molecule has 1 aromatic carbocycles. The highest BCUT2D eigenvalue weighted by molar-refractivity contribution is 5.86. The van der Waals surface area contributed by atoms with Crippen molar-refractivity contribution in [2.24, 2.45) is 0 Å². The first-order valence-electron chi connectivity index (χ1n) is 6.14. The van der Waals surface area contributed by atoms with Crippen LogP contribution in [0.1, 0.15) is 18.9 Å². The number of H-pyrrole nitrogens is 1. The molecule has 19 heavy (non-hydrogen) atoms. The minimum Gasteiger partial charge on any atom is -0.733 e. The second kappa shape index (κ2) is 5.73. The molecule has 1 aromatic heterocycles. The van der Waals surface area contributed by atoms with Crippen LogP contribution in [0.15, 0.2) is 24.4 Å². The molecule has 0 radical (unpaired) electrons. The molecule has 0 aliphatic carbocycles. The molecule has 0 atom stereocenters. The molecule has 3 N–H and O–H groups in total. The van der Waals surface area contributed by atoms with Crippen LogP contribution >= 0.6 is 0 Å². The van der Waals surface area contributed by atoms with Gasteiger partial charge in [-0.3, -0.25) is 10.0 Å². The van der Waals surface area contributed by atoms with Gasteiger partial charge in [0.05, 0.1) is 5.69 Å². The van der Waals surface area contributed by atoms with Crippen molar-refractivity contribution >= 4 is 22.5 Å². The van der Waals surface area contributed by atoms with Gasteiger partial charge in [-0.15, -0.1) is 0 Å². The SMILES string of the molecule is CCC(=O)NCCc1c[nH]c2ccc(N([O-])O)cc12. The van der Waals surface area contributed by atoms with E-state index in [2.05, 4.69) is 10.3 Å². The standard InChI is InChI=1S/C13H16N3O3/c1-2-13(17)14-6-5-9-8-15-12-4-3-10(16(18)19)7-11(9)12/h3-4,7-8,15,18H,2,5-6H2,1H3,(H,14,17)/q-1. The molecule has 102 valence electrons. The highest BCUT2D eigenvalue weighted by atomic mass is 16.8. The zero-order valence-corrected chi connectivity index (χ0v) is 10.6. The topological polar surface area (TPSA) is 91.4 Å². The van der Waals surface area contributed by atoms with Crippen molar-refractivity contribution in [2.75, 3.05) is 11.8 Å². The van der Waals surface area contributed by atoms with E-state index in [0.717, 1.165) is 16.5 Å². The molecule has 6 heteroatoms. The van der Waals surface area contributed by atoms with Gasteiger partial charge in [0.25, 0.3) is 0 Å². The van der Waals surface area contributed by atoms with E-state index in [1.54, 1.807) is 19.1 Å². The van der Waals surface area contributed by atoms with Gasteiger partial charge in [0, 0.05) is 30.1 Å². The van der Waals surface area contributed by atoms with Crippen molar-refractivity contribution < 1.29 is 10.0 Å². The van der Waals surface area contributed by atoms with Gasteiger partial charge in [-0.05, 0) is 30.2 Å². The van der Waals surface area contributed by atoms with Crippen molar-refractivity contribution in [2.45, 2.75) is 19.8 Å². The Balaban J connectivity index is 2.14. The molecule has 0 saturated heterocycles. The van der Waals surface area contributed by atoms with Crippen LogP contribution in [0.25, 0.3) is 10.9 Å². The number of anilines is 1. The molecule has 2 aromatic rings. The third-order valence-corrected chi connectivity index (χ3v) is 3.01. The third kappa shape index (κ3) is 3.04. The first kappa shape index (κ1) is 13.4. The fourth-order valence-electron chi connectivity index (χ4n) is 1.95. The molecular weight excluding hydrogens is 246 g/mol. The van der Waals surface area contributed by atoms with Gasteiger partial charge < -0.3 is 20.7 Å². The fourth-order valence-corrected chi connectivity index (χ4v) is 1.95. The van der Waals surface area contributed by atoms with Gasteiger partial charge in [0.15, 0.2) is 0 Å². The van der Waals surface area contributed by atoms with E-state index in [0.29, 0.717) is 19.4 Å². The van der Waals surface area contributed by atoms with E-state index >= 15 is 0 Å². The monoisotopic (exact) mass is 262 g/mol. The Morgan fingerprint density at radius 2 is 2.32 bits per heavy atom. The molecular formula is C13H16N3O3-. The molecule has 6 nitrogen and oxygen atoms in total. The van der Waals surface area contributed by atoms with Crippen LogP contribution in [0.2, 0.25) is 0 Å². The van der Waals surface area contributed by atoms with Gasteiger partial charge in [0.1, 0.15) is 0 Å². The number of nitrogens with zero attached hydrogens (tertiary/aromatic N) is 1. The van der Waals surface area contributed by atoms with Crippen molar-refractivity contribution in [3.8, 4) is 0 Å². The van der Waals surface area contributed by atoms with Crippen LogP contribution in [0.4, 0.5) is 5.69 Å². The predicted octanol–water partition coefficient (Wildman–Crippen LogP) is 1.93. The average molecular weight is 262 g/mol. The second-order valence-electron chi connectivity index (χ2n) is 4.27. The Hall–Kier alpha value is -2.05. The molecule has 1 heterocycles. The molecule has 0 aliphatic heterocycles. The Morgan fingerprint density at radius 1 is 1.53 bits per heavy atom. The molecule has 2 rings (SSSR count). The lowest BCUT2D eigenvalue weighted by Crippen LogP contribution is -2.24. The largest absolute Gasteiger partial charge is 0.733 e. The summed E-state index contributed by atoms with van der Waals surface area (Å²) < 4.78 is 0. The lowest BCUT2D eigenvalue weighted by molar-refractivity contribution is -0.120. The number of nitrogens with one attached hydrogen (secondary N) is 2. The second-order valence-corrected chi connectivity index (χ2v) is 4.27. The number of rotatable bonds is 5. The van der Waals surface area contributed by atoms with Crippen LogP contribution in [-0.4, -0.2) is 22.6 Å². The van der Waals surface area contributed by atoms with E-state index in [1.165, 1.54) is 6.07 Å². The lowest BCUT2D eigenvalue weighted by atomic mass is 10.1. The van der Waals surface area contributed by atoms with Crippen molar-refractivity contribution in [1.29, 1.82) is 0 Å². The molecule has 0 unspecified atom stereocenters. The predicted molar refractivity (Wildman–Crippen MR) is 72.9 cm³/mol. The van der Waals surface area contributed by atoms with Gasteiger partial charge in [-0.25, -0.2) is 0 Å². The number of benzene rings is 1. The van der Waals surface area contributed by atoms with Crippen LogP contribution < -0.4 is 10.5 Å². The fraction of sp³-hybridized carbons (Fsp3) is 0.308. The van der Waals surface area contributed by atoms with Crippen molar-refractivity contribution in [3.63, 3.8) is 0 Å². The molecule has 0 saturated carbocycles. The minimum atomic E-state index is -0.158. The quantitative estimate of drug-likeness (QED) is 0.718. The van der Waals surface area contributed by atoms with E-state index in [1.807, 2.05) is 6.20 Å². The number of aromatic nitrogens is 1. The summed E-state index contributed by atoms with van der Waals surface area (Å²) in [6.07, 6.45) is 2.98. The Kier molecular flexibility index (Phi) is 4.03. The number of fused-ring (bicyclic) bond motifs is 1. The van der Waals surface area contributed by atoms with Crippen LogP contribution in [-0.2, 0) is 11.2 Å². The summed E-state index contributed by atoms with van der Waals surface area (Å²) in [7, 11) is 0. The first-order chi connectivity index (χ1) is 9.11. The first-order valence-corrected chi connectivity index (χ1v) is 6.14. The normalized spacial score (nSPS) is 10.7. The maximum atomic E-state index is 11.1. The molecule has 0 spiro atoms. The van der Waals surface area contributed by atoms with Crippen LogP contribution in [0, 0.1) is 5.21 Å². The summed E-state index contributed by atoms with van der Waals surface area (Å²) in [4.78, 5) is 14.2. The summed E-state index contributed by atoms with van der Waals surface area (Å²) in [5.74, 6) is 0.0154. The Morgan fingerprint density at radius 3 is 3.00 bits per heavy atom. The molecule has 0 bridgehead atoms. The molecule has 0 aliphatic rings. The van der Waals surface area contributed by atoms with Crippen molar-refractivity contribution in [1.82, 2.24) is 10.3 Å². The highest BCUT2D eigenvalue weighted by Gasteiger charge is 2.05. The van der Waals surface area contributed by atoms with Gasteiger partial charge in [0.2, 0.25) is 5.91 Å². The van der Waals surface area contributed by atoms with E-state index in [-0.39, 0.29) is 16.8 Å². The van der Waals surface area contributed by atoms with Gasteiger partial charge >= 0.3 is 0 Å². The summed E-state index contributed by atoms with van der Waals surface area (Å²) in [5, 5.41) is 23.3. The summed E-state index contributed by atoms with van der Waals surface area (Å²) in [5.41, 5.74) is 2.07. The molecule has 0 fully saturated rings. The summed E-state index contributed by atoms with van der Waals surface area (Å²) >= 11 is 0. The number of amides is 1. The van der Waals surface area contributed by atoms with E-state index in [9.17, 15) is 10.0 Å². The highest BCUT2D eigenvalue weighted by Crippen LogP contribution is 2.24. The van der Waals surface area contributed by atoms with E-state index in [4.69, 9.17) is 5.21 Å². The maximum absolute atomic E-state index is 11.1. The zero-order valence-electron chi connectivity index (χ0n) is 10.6. The summed E-state index contributed by atoms with van der Waals surface area (Å²) in [6.45, 7) is 2.35. The Bertz CT molecular complexity index is 578. The average Bonchev–Trinajstić information content (AvgIpc) is 2.81. The smallest absolute Gasteiger partial charge is 0.219 e.